The van der Waals surface area contributed by atoms with E-state index in [1.807, 2.05) is 0 Å². The molecule has 0 bridgehead atoms. The van der Waals surface area contributed by atoms with Crippen molar-refractivity contribution >= 4 is 12.0 Å². The fourth-order valence-electron chi connectivity index (χ4n) is 0.673. The molecule has 1 rings (SSSR count). The summed E-state index contributed by atoms with van der Waals surface area (Å²) in [4.78, 5) is 10.2. The SMILES string of the molecule is Nc1c(O)cccc1C=O. The van der Waals surface area contributed by atoms with Crippen molar-refractivity contribution in [3.63, 3.8) is 0 Å². The van der Waals surface area contributed by atoms with Crippen LogP contribution in [-0.4, -0.2) is 11.4 Å². The number of nitrogen functional groups attached to an aromatic ring is 1. The molecule has 0 saturated heterocycles. The van der Waals surface area contributed by atoms with Gasteiger partial charge in [0.15, 0.2) is 6.29 Å². The molecule has 1 aromatic carbocycles. The molecule has 1 aromatic rings. The molecule has 0 atom stereocenters. The monoisotopic (exact) mass is 137 g/mol. The average Bonchev–Trinajstić information content (AvgIpc) is 1.95. The van der Waals surface area contributed by atoms with Crippen LogP contribution in [0.2, 0.25) is 0 Å². The van der Waals surface area contributed by atoms with Crippen LogP contribution < -0.4 is 5.73 Å². The zero-order chi connectivity index (χ0) is 7.56. The third kappa shape index (κ3) is 0.932. The van der Waals surface area contributed by atoms with Gasteiger partial charge in [0.05, 0.1) is 5.69 Å². The van der Waals surface area contributed by atoms with Gasteiger partial charge in [-0.15, -0.1) is 0 Å². The number of aldehydes is 1. The van der Waals surface area contributed by atoms with E-state index < -0.39 is 0 Å². The Labute approximate surface area is 58.1 Å². The molecule has 0 saturated carbocycles. The summed E-state index contributed by atoms with van der Waals surface area (Å²) in [5.74, 6) is -0.0513. The highest BCUT2D eigenvalue weighted by Crippen LogP contribution is 2.21. The number of nitrogens with two attached hydrogens (primary N) is 1. The van der Waals surface area contributed by atoms with Crippen molar-refractivity contribution in [3.05, 3.63) is 23.8 Å². The van der Waals surface area contributed by atoms with Crippen LogP contribution in [-0.2, 0) is 0 Å². The molecule has 0 amide bonds. The van der Waals surface area contributed by atoms with Crippen LogP contribution in [0.4, 0.5) is 5.69 Å². The van der Waals surface area contributed by atoms with Gasteiger partial charge in [0.25, 0.3) is 0 Å². The van der Waals surface area contributed by atoms with Crippen molar-refractivity contribution in [2.24, 2.45) is 0 Å². The summed E-state index contributed by atoms with van der Waals surface area (Å²) >= 11 is 0. The molecule has 0 aliphatic heterocycles. The van der Waals surface area contributed by atoms with Gasteiger partial charge in [0.2, 0.25) is 0 Å². The van der Waals surface area contributed by atoms with Crippen LogP contribution in [0.3, 0.4) is 0 Å². The number of para-hydroxylation sites is 1. The minimum atomic E-state index is -0.0513. The quantitative estimate of drug-likeness (QED) is 0.341. The summed E-state index contributed by atoms with van der Waals surface area (Å²) in [5.41, 5.74) is 5.77. The second-order valence-corrected chi connectivity index (χ2v) is 1.90. The maximum Gasteiger partial charge on any atom is 0.152 e. The summed E-state index contributed by atoms with van der Waals surface area (Å²) < 4.78 is 0. The Morgan fingerprint density at radius 1 is 1.50 bits per heavy atom. The normalized spacial score (nSPS) is 9.20. The molecule has 0 aliphatic carbocycles. The van der Waals surface area contributed by atoms with E-state index >= 15 is 0 Å². The maximum atomic E-state index is 10.2. The molecule has 0 aliphatic rings. The van der Waals surface area contributed by atoms with Gasteiger partial charge in [-0.3, -0.25) is 4.79 Å². The Bertz CT molecular complexity index is 258. The molecule has 0 heterocycles. The minimum absolute atomic E-state index is 0.0513. The summed E-state index contributed by atoms with van der Waals surface area (Å²) in [6.45, 7) is 0. The lowest BCUT2D eigenvalue weighted by Crippen LogP contribution is -1.91. The highest BCUT2D eigenvalue weighted by Gasteiger charge is 1.99. The van der Waals surface area contributed by atoms with Gasteiger partial charge >= 0.3 is 0 Å². The molecule has 52 valence electrons. The number of carbonyl (C=O) groups is 1. The van der Waals surface area contributed by atoms with E-state index in [1.54, 1.807) is 12.1 Å². The molecule has 3 N–H and O–H groups in total. The molecular formula is C7H7NO2. The number of hydrogen-bond donors (Lipinski definition) is 2. The second-order valence-electron chi connectivity index (χ2n) is 1.90. The Balaban J connectivity index is 3.27. The first-order valence-corrected chi connectivity index (χ1v) is 2.78. The smallest absolute Gasteiger partial charge is 0.152 e. The largest absolute Gasteiger partial charge is 0.506 e. The van der Waals surface area contributed by atoms with Gasteiger partial charge in [-0.1, -0.05) is 6.07 Å². The summed E-state index contributed by atoms with van der Waals surface area (Å²) in [5, 5.41) is 8.95. The van der Waals surface area contributed by atoms with E-state index in [1.165, 1.54) is 6.07 Å². The molecule has 0 spiro atoms. The first kappa shape index (κ1) is 6.61. The average molecular weight is 137 g/mol. The predicted octanol–water partition coefficient (Wildman–Crippen LogP) is 0.787. The van der Waals surface area contributed by atoms with Gasteiger partial charge < -0.3 is 10.8 Å². The van der Waals surface area contributed by atoms with Crippen molar-refractivity contribution in [2.45, 2.75) is 0 Å². The van der Waals surface area contributed by atoms with Crippen LogP contribution in [0.25, 0.3) is 0 Å². The van der Waals surface area contributed by atoms with Gasteiger partial charge in [0, 0.05) is 5.56 Å². The molecule has 0 aromatic heterocycles. The Hall–Kier alpha value is -1.51. The molecule has 3 heteroatoms. The van der Waals surface area contributed by atoms with Crippen LogP contribution in [0.15, 0.2) is 18.2 Å². The van der Waals surface area contributed by atoms with Gasteiger partial charge in [-0.05, 0) is 12.1 Å². The van der Waals surface area contributed by atoms with Crippen LogP contribution >= 0.6 is 0 Å². The van der Waals surface area contributed by atoms with Crippen molar-refractivity contribution in [1.29, 1.82) is 0 Å². The molecule has 3 nitrogen and oxygen atoms in total. The van der Waals surface area contributed by atoms with Crippen molar-refractivity contribution in [3.8, 4) is 5.75 Å². The standard InChI is InChI=1S/C7H7NO2/c8-7-5(4-9)2-1-3-6(7)10/h1-4,10H,8H2. The number of anilines is 1. The van der Waals surface area contributed by atoms with Crippen LogP contribution in [0.1, 0.15) is 10.4 Å². The lowest BCUT2D eigenvalue weighted by atomic mass is 10.2. The van der Waals surface area contributed by atoms with Crippen molar-refractivity contribution < 1.29 is 9.90 Å². The Morgan fingerprint density at radius 3 is 2.70 bits per heavy atom. The minimum Gasteiger partial charge on any atom is -0.506 e. The third-order valence-electron chi connectivity index (χ3n) is 1.24. The van der Waals surface area contributed by atoms with E-state index in [0.29, 0.717) is 11.8 Å². The first-order valence-electron chi connectivity index (χ1n) is 2.78. The van der Waals surface area contributed by atoms with E-state index in [2.05, 4.69) is 0 Å². The second kappa shape index (κ2) is 2.39. The van der Waals surface area contributed by atoms with Gasteiger partial charge in [0.1, 0.15) is 5.75 Å². The number of phenols is 1. The highest BCUT2D eigenvalue weighted by molar-refractivity contribution is 5.85. The van der Waals surface area contributed by atoms with E-state index in [0.717, 1.165) is 0 Å². The predicted molar refractivity (Wildman–Crippen MR) is 37.9 cm³/mol. The van der Waals surface area contributed by atoms with E-state index in [9.17, 15) is 4.79 Å². The molecule has 0 fully saturated rings. The van der Waals surface area contributed by atoms with E-state index in [4.69, 9.17) is 10.8 Å². The number of aromatic hydroxyl groups is 1. The molecule has 0 radical (unpaired) electrons. The Kier molecular flexibility index (Phi) is 1.58. The summed E-state index contributed by atoms with van der Waals surface area (Å²) in [7, 11) is 0. The zero-order valence-electron chi connectivity index (χ0n) is 5.24. The lowest BCUT2D eigenvalue weighted by Gasteiger charge is -1.98. The number of phenolic OH excluding ortho intramolecular Hbond substituents is 1. The highest BCUT2D eigenvalue weighted by atomic mass is 16.3. The molecular weight excluding hydrogens is 130 g/mol. The zero-order valence-corrected chi connectivity index (χ0v) is 5.24. The molecule has 0 unspecified atom stereocenters. The van der Waals surface area contributed by atoms with E-state index in [-0.39, 0.29) is 11.4 Å². The topological polar surface area (TPSA) is 63.3 Å². The van der Waals surface area contributed by atoms with Crippen molar-refractivity contribution in [1.82, 2.24) is 0 Å². The summed E-state index contributed by atoms with van der Waals surface area (Å²) in [6.07, 6.45) is 0.606. The van der Waals surface area contributed by atoms with Crippen molar-refractivity contribution in [2.75, 3.05) is 5.73 Å². The lowest BCUT2D eigenvalue weighted by molar-refractivity contribution is 0.112. The third-order valence-corrected chi connectivity index (χ3v) is 1.24. The fraction of sp³-hybridized carbons (Fsp3) is 0. The van der Waals surface area contributed by atoms with Crippen LogP contribution in [0.5, 0.6) is 5.75 Å². The number of carbonyl (C=O) groups excluding carboxylic acids is 1. The molecule has 10 heavy (non-hydrogen) atoms. The maximum absolute atomic E-state index is 10.2. The number of hydrogen-bond acceptors (Lipinski definition) is 3. The Morgan fingerprint density at radius 2 is 2.20 bits per heavy atom. The number of rotatable bonds is 1. The van der Waals surface area contributed by atoms with Crippen LogP contribution in [0, 0.1) is 0 Å². The fourth-order valence-corrected chi connectivity index (χ4v) is 0.673. The van der Waals surface area contributed by atoms with Gasteiger partial charge in [-0.2, -0.15) is 0 Å². The first-order chi connectivity index (χ1) is 4.75. The number of benzene rings is 1. The van der Waals surface area contributed by atoms with Gasteiger partial charge in [-0.25, -0.2) is 0 Å². The summed E-state index contributed by atoms with van der Waals surface area (Å²) in [6, 6.07) is 4.54.